The molecular formula is C18H19FN4O2. The first kappa shape index (κ1) is 18.1. The maximum atomic E-state index is 13.0. The van der Waals surface area contributed by atoms with E-state index in [0.717, 1.165) is 17.3 Å². The molecule has 130 valence electrons. The van der Waals surface area contributed by atoms with Gasteiger partial charge in [-0.1, -0.05) is 18.2 Å². The normalized spacial score (nSPS) is 10.5. The molecule has 0 spiro atoms. The lowest BCUT2D eigenvalue weighted by Gasteiger charge is -2.11. The van der Waals surface area contributed by atoms with Crippen molar-refractivity contribution in [1.29, 1.82) is 0 Å². The summed E-state index contributed by atoms with van der Waals surface area (Å²) in [6, 6.07) is 12.8. The zero-order valence-electron chi connectivity index (χ0n) is 14.0. The number of halogens is 1. The van der Waals surface area contributed by atoms with Crippen LogP contribution in [-0.4, -0.2) is 38.7 Å². The van der Waals surface area contributed by atoms with Crippen molar-refractivity contribution in [2.75, 3.05) is 25.5 Å². The second-order valence-electron chi connectivity index (χ2n) is 5.47. The van der Waals surface area contributed by atoms with E-state index in [1.54, 1.807) is 0 Å². The van der Waals surface area contributed by atoms with E-state index in [2.05, 4.69) is 15.8 Å². The van der Waals surface area contributed by atoms with Gasteiger partial charge in [0.25, 0.3) is 11.8 Å². The molecule has 2 aromatic carbocycles. The van der Waals surface area contributed by atoms with Crippen LogP contribution >= 0.6 is 0 Å². The van der Waals surface area contributed by atoms with Gasteiger partial charge in [-0.15, -0.1) is 0 Å². The monoisotopic (exact) mass is 342 g/mol. The number of anilines is 1. The van der Waals surface area contributed by atoms with Crippen molar-refractivity contribution in [3.05, 3.63) is 65.5 Å². The second kappa shape index (κ2) is 8.58. The van der Waals surface area contributed by atoms with Crippen LogP contribution in [0, 0.1) is 5.82 Å². The van der Waals surface area contributed by atoms with Gasteiger partial charge in [-0.3, -0.25) is 9.59 Å². The van der Waals surface area contributed by atoms with Gasteiger partial charge < -0.3 is 10.2 Å². The zero-order chi connectivity index (χ0) is 18.2. The highest BCUT2D eigenvalue weighted by Crippen LogP contribution is 2.10. The molecular weight excluding hydrogens is 323 g/mol. The summed E-state index contributed by atoms with van der Waals surface area (Å²) in [6.07, 6.45) is 1.51. The predicted molar refractivity (Wildman–Crippen MR) is 95.2 cm³/mol. The Hall–Kier alpha value is -3.22. The van der Waals surface area contributed by atoms with E-state index in [0.29, 0.717) is 0 Å². The molecule has 2 rings (SSSR count). The van der Waals surface area contributed by atoms with Crippen molar-refractivity contribution < 1.29 is 14.0 Å². The van der Waals surface area contributed by atoms with Crippen molar-refractivity contribution in [1.82, 2.24) is 10.7 Å². The van der Waals surface area contributed by atoms with Crippen LogP contribution in [-0.2, 0) is 4.79 Å². The number of benzene rings is 2. The molecule has 0 aromatic heterocycles. The molecule has 25 heavy (non-hydrogen) atoms. The lowest BCUT2D eigenvalue weighted by molar-refractivity contribution is -0.120. The van der Waals surface area contributed by atoms with E-state index in [1.807, 2.05) is 43.3 Å². The van der Waals surface area contributed by atoms with Gasteiger partial charge in [-0.2, -0.15) is 5.10 Å². The highest BCUT2D eigenvalue weighted by Gasteiger charge is 2.08. The van der Waals surface area contributed by atoms with Gasteiger partial charge in [-0.25, -0.2) is 9.82 Å². The minimum Gasteiger partial charge on any atom is -0.378 e. The number of nitrogens with one attached hydrogen (secondary N) is 2. The average Bonchev–Trinajstić information content (AvgIpc) is 2.60. The van der Waals surface area contributed by atoms with Crippen molar-refractivity contribution in [3.8, 4) is 0 Å². The molecule has 0 radical (unpaired) electrons. The van der Waals surface area contributed by atoms with E-state index in [1.165, 1.54) is 24.4 Å². The Morgan fingerprint density at radius 1 is 1.16 bits per heavy atom. The summed E-state index contributed by atoms with van der Waals surface area (Å²) in [4.78, 5) is 25.4. The third-order valence-corrected chi connectivity index (χ3v) is 3.31. The average molecular weight is 342 g/mol. The Labute approximate surface area is 145 Å². The Morgan fingerprint density at radius 3 is 2.52 bits per heavy atom. The highest BCUT2D eigenvalue weighted by molar-refractivity contribution is 5.96. The van der Waals surface area contributed by atoms with Crippen LogP contribution in [0.1, 0.15) is 15.9 Å². The first-order chi connectivity index (χ1) is 12.0. The van der Waals surface area contributed by atoms with Crippen LogP contribution in [0.25, 0.3) is 0 Å². The van der Waals surface area contributed by atoms with Crippen LogP contribution in [0.2, 0.25) is 0 Å². The van der Waals surface area contributed by atoms with Gasteiger partial charge in [0, 0.05) is 25.3 Å². The van der Waals surface area contributed by atoms with E-state index in [9.17, 15) is 14.0 Å². The number of nitrogens with zero attached hydrogens (tertiary/aromatic N) is 2. The van der Waals surface area contributed by atoms with Gasteiger partial charge in [0.05, 0.1) is 12.8 Å². The Kier molecular flexibility index (Phi) is 6.22. The SMILES string of the molecule is CN(C)c1ccc(/C=N/NC(=O)CNC(=O)c2cccc(F)c2)cc1. The molecule has 0 aliphatic rings. The van der Waals surface area contributed by atoms with Gasteiger partial charge in [-0.05, 0) is 35.9 Å². The molecule has 0 heterocycles. The molecule has 2 N–H and O–H groups in total. The van der Waals surface area contributed by atoms with E-state index >= 15 is 0 Å². The van der Waals surface area contributed by atoms with Crippen LogP contribution in [0.4, 0.5) is 10.1 Å². The summed E-state index contributed by atoms with van der Waals surface area (Å²) in [7, 11) is 3.89. The summed E-state index contributed by atoms with van der Waals surface area (Å²) in [5.41, 5.74) is 4.35. The fourth-order valence-electron chi connectivity index (χ4n) is 1.97. The Bertz CT molecular complexity index is 773. The first-order valence-electron chi connectivity index (χ1n) is 7.59. The third kappa shape index (κ3) is 5.72. The second-order valence-corrected chi connectivity index (χ2v) is 5.47. The van der Waals surface area contributed by atoms with Gasteiger partial charge in [0.15, 0.2) is 0 Å². The van der Waals surface area contributed by atoms with Gasteiger partial charge >= 0.3 is 0 Å². The number of hydrogen-bond acceptors (Lipinski definition) is 4. The standard InChI is InChI=1S/C18H19FN4O2/c1-23(2)16-8-6-13(7-9-16)11-21-22-17(24)12-20-18(25)14-4-3-5-15(19)10-14/h3-11H,12H2,1-2H3,(H,20,25)(H,22,24)/b21-11+. The maximum Gasteiger partial charge on any atom is 0.259 e. The summed E-state index contributed by atoms with van der Waals surface area (Å²) < 4.78 is 13.0. The molecule has 0 fully saturated rings. The summed E-state index contributed by atoms with van der Waals surface area (Å²) >= 11 is 0. The molecule has 0 saturated heterocycles. The first-order valence-corrected chi connectivity index (χ1v) is 7.59. The number of hydrogen-bond donors (Lipinski definition) is 2. The fraction of sp³-hybridized carbons (Fsp3) is 0.167. The number of carbonyl (C=O) groups is 2. The Balaban J connectivity index is 1.79. The smallest absolute Gasteiger partial charge is 0.259 e. The van der Waals surface area contributed by atoms with Crippen LogP contribution in [0.3, 0.4) is 0 Å². The topological polar surface area (TPSA) is 73.8 Å². The summed E-state index contributed by atoms with van der Waals surface area (Å²) in [5.74, 6) is -1.52. The summed E-state index contributed by atoms with van der Waals surface area (Å²) in [6.45, 7) is -0.258. The molecule has 2 amide bonds. The minimum absolute atomic E-state index is 0.150. The largest absolute Gasteiger partial charge is 0.378 e. The maximum absolute atomic E-state index is 13.0. The van der Waals surface area contributed by atoms with Crippen LogP contribution in [0.5, 0.6) is 0 Å². The quantitative estimate of drug-likeness (QED) is 0.621. The molecule has 2 aromatic rings. The molecule has 0 unspecified atom stereocenters. The lowest BCUT2D eigenvalue weighted by Crippen LogP contribution is -2.34. The van der Waals surface area contributed by atoms with Crippen molar-refractivity contribution in [2.24, 2.45) is 5.10 Å². The number of amides is 2. The summed E-state index contributed by atoms with van der Waals surface area (Å²) in [5, 5.41) is 6.23. The van der Waals surface area contributed by atoms with Crippen LogP contribution < -0.4 is 15.6 Å². The van der Waals surface area contributed by atoms with Crippen molar-refractivity contribution in [3.63, 3.8) is 0 Å². The molecule has 6 nitrogen and oxygen atoms in total. The van der Waals surface area contributed by atoms with Crippen molar-refractivity contribution in [2.45, 2.75) is 0 Å². The third-order valence-electron chi connectivity index (χ3n) is 3.31. The fourth-order valence-corrected chi connectivity index (χ4v) is 1.97. The molecule has 0 aliphatic carbocycles. The van der Waals surface area contributed by atoms with Gasteiger partial charge in [0.2, 0.25) is 0 Å². The van der Waals surface area contributed by atoms with E-state index < -0.39 is 17.6 Å². The number of hydrazone groups is 1. The molecule has 0 saturated carbocycles. The van der Waals surface area contributed by atoms with E-state index in [4.69, 9.17) is 0 Å². The number of carbonyl (C=O) groups excluding carboxylic acids is 2. The zero-order valence-corrected chi connectivity index (χ0v) is 14.0. The van der Waals surface area contributed by atoms with Crippen molar-refractivity contribution >= 4 is 23.7 Å². The predicted octanol–water partition coefficient (Wildman–Crippen LogP) is 1.77. The van der Waals surface area contributed by atoms with E-state index in [-0.39, 0.29) is 12.1 Å². The minimum atomic E-state index is -0.530. The van der Waals surface area contributed by atoms with Gasteiger partial charge in [0.1, 0.15) is 5.82 Å². The molecule has 0 atom stereocenters. The Morgan fingerprint density at radius 2 is 1.88 bits per heavy atom. The molecule has 7 heteroatoms. The van der Waals surface area contributed by atoms with Crippen LogP contribution in [0.15, 0.2) is 53.6 Å². The molecule has 0 aliphatic heterocycles. The highest BCUT2D eigenvalue weighted by atomic mass is 19.1. The number of rotatable bonds is 6. The molecule has 0 bridgehead atoms. The lowest BCUT2D eigenvalue weighted by atomic mass is 10.2.